The molecule has 0 bridgehead atoms. The highest BCUT2D eigenvalue weighted by Gasteiger charge is 2.45. The van der Waals surface area contributed by atoms with Gasteiger partial charge in [-0.3, -0.25) is 0 Å². The highest BCUT2D eigenvalue weighted by Crippen LogP contribution is 2.51. The minimum Gasteiger partial charge on any atom is -0.344 e. The molecule has 0 aromatic heterocycles. The van der Waals surface area contributed by atoms with Crippen LogP contribution in [0.25, 0.3) is 21.5 Å². The zero-order valence-corrected chi connectivity index (χ0v) is 28.7. The Hall–Kier alpha value is -3.42. The smallest absolute Gasteiger partial charge is 0.210 e. The van der Waals surface area contributed by atoms with Gasteiger partial charge in [-0.25, -0.2) is 5.26 Å². The van der Waals surface area contributed by atoms with Crippen LogP contribution < -0.4 is 4.90 Å². The van der Waals surface area contributed by atoms with Gasteiger partial charge in [0, 0.05) is 65.3 Å². The van der Waals surface area contributed by atoms with E-state index >= 15 is 0 Å². The lowest BCUT2D eigenvalue weighted by Gasteiger charge is -2.27. The van der Waals surface area contributed by atoms with Gasteiger partial charge in [0.1, 0.15) is 6.54 Å². The van der Waals surface area contributed by atoms with E-state index < -0.39 is 0 Å². The molecule has 2 aliphatic rings. The number of anilines is 1. The maximum absolute atomic E-state index is 8.48. The van der Waals surface area contributed by atoms with Gasteiger partial charge in [0.2, 0.25) is 5.69 Å². The van der Waals surface area contributed by atoms with Crippen molar-refractivity contribution in [1.29, 1.82) is 0 Å². The van der Waals surface area contributed by atoms with Crippen LogP contribution in [0.5, 0.6) is 0 Å². The zero-order valence-electron chi connectivity index (χ0n) is 27.9. The van der Waals surface area contributed by atoms with Crippen molar-refractivity contribution >= 4 is 50.7 Å². The van der Waals surface area contributed by atoms with Gasteiger partial charge in [-0.1, -0.05) is 99.3 Å². The lowest BCUT2D eigenvalue weighted by molar-refractivity contribution is -0.438. The molecular formula is C40H47N2O3S+. The first-order valence-electron chi connectivity index (χ1n) is 16.8. The summed E-state index contributed by atoms with van der Waals surface area (Å²) in [6.07, 6.45) is 12.6. The Kier molecular flexibility index (Phi) is 9.72. The molecule has 0 fully saturated rings. The fourth-order valence-corrected chi connectivity index (χ4v) is 8.22. The fraction of sp³-hybridized carbons (Fsp3) is 0.375. The molecule has 1 N–H and O–H groups in total. The van der Waals surface area contributed by atoms with Gasteiger partial charge >= 0.3 is 0 Å². The van der Waals surface area contributed by atoms with Crippen molar-refractivity contribution in [2.75, 3.05) is 23.7 Å². The van der Waals surface area contributed by atoms with E-state index in [9.17, 15) is 0 Å². The van der Waals surface area contributed by atoms with Crippen molar-refractivity contribution in [1.82, 2.24) is 0 Å². The number of allylic oxidation sites excluding steroid dienone is 4. The maximum atomic E-state index is 8.48. The summed E-state index contributed by atoms with van der Waals surface area (Å²) in [6.45, 7) is 13.7. The van der Waals surface area contributed by atoms with Gasteiger partial charge in [0.05, 0.1) is 5.41 Å². The molecular weight excluding hydrogens is 589 g/mol. The molecule has 0 aliphatic carbocycles. The lowest BCUT2D eigenvalue weighted by atomic mass is 9.79. The summed E-state index contributed by atoms with van der Waals surface area (Å²) in [4.78, 5) is 2.59. The largest absolute Gasteiger partial charge is 0.344 e. The summed E-state index contributed by atoms with van der Waals surface area (Å²) < 4.78 is 7.12. The van der Waals surface area contributed by atoms with E-state index in [0.717, 1.165) is 43.7 Å². The topological polar surface area (TPSA) is 44.9 Å². The molecule has 2 heterocycles. The van der Waals surface area contributed by atoms with Crippen molar-refractivity contribution in [2.24, 2.45) is 0 Å². The highest BCUT2D eigenvalue weighted by molar-refractivity contribution is 7.94. The first-order chi connectivity index (χ1) is 22.3. The van der Waals surface area contributed by atoms with Crippen molar-refractivity contribution < 1.29 is 19.2 Å². The van der Waals surface area contributed by atoms with E-state index in [2.05, 4.69) is 144 Å². The Morgan fingerprint density at radius 2 is 1.50 bits per heavy atom. The first kappa shape index (κ1) is 32.5. The molecule has 46 heavy (non-hydrogen) atoms. The van der Waals surface area contributed by atoms with Crippen LogP contribution in [0.3, 0.4) is 0 Å². The summed E-state index contributed by atoms with van der Waals surface area (Å²) in [7, 11) is 0. The average Bonchev–Trinajstić information content (AvgIpc) is 3.41. The molecule has 0 radical (unpaired) electrons. The van der Waals surface area contributed by atoms with Gasteiger partial charge in [-0.15, -0.1) is 4.33 Å². The van der Waals surface area contributed by atoms with Gasteiger partial charge in [-0.2, -0.15) is 4.58 Å². The number of unbranched alkanes of at least 4 members (excludes halogenated alkanes) is 3. The highest BCUT2D eigenvalue weighted by atomic mass is 32.2. The Morgan fingerprint density at radius 1 is 0.804 bits per heavy atom. The third-order valence-electron chi connectivity index (χ3n) is 9.94. The van der Waals surface area contributed by atoms with Gasteiger partial charge in [0.15, 0.2) is 5.71 Å². The molecule has 6 heteroatoms. The second-order valence-corrected chi connectivity index (χ2v) is 14.4. The van der Waals surface area contributed by atoms with Gasteiger partial charge in [-0.05, 0) is 72.0 Å². The van der Waals surface area contributed by atoms with E-state index in [1.165, 1.54) is 74.7 Å². The Bertz CT molecular complexity index is 1820. The number of benzene rings is 4. The van der Waals surface area contributed by atoms with Crippen LogP contribution in [0.2, 0.25) is 0 Å². The van der Waals surface area contributed by atoms with Crippen molar-refractivity contribution in [3.05, 3.63) is 108 Å². The molecule has 240 valence electrons. The molecule has 4 aromatic rings. The lowest BCUT2D eigenvalue weighted by Crippen LogP contribution is -2.28. The number of rotatable bonds is 13. The summed E-state index contributed by atoms with van der Waals surface area (Å²) in [5, 5.41) is 17.5. The average molecular weight is 636 g/mol. The third kappa shape index (κ3) is 5.93. The summed E-state index contributed by atoms with van der Waals surface area (Å²) in [5.74, 6) is 0.748. The normalized spacial score (nSPS) is 17.6. The van der Waals surface area contributed by atoms with Gasteiger partial charge < -0.3 is 4.90 Å². The molecule has 0 spiro atoms. The van der Waals surface area contributed by atoms with E-state index in [0.29, 0.717) is 0 Å². The van der Waals surface area contributed by atoms with Crippen LogP contribution in [0.15, 0.2) is 96.7 Å². The molecule has 6 rings (SSSR count). The summed E-state index contributed by atoms with van der Waals surface area (Å²) >= 11 is 1.13. The van der Waals surface area contributed by atoms with Crippen LogP contribution in [-0.2, 0) is 20.2 Å². The minimum atomic E-state index is -0.168. The van der Waals surface area contributed by atoms with E-state index in [-0.39, 0.29) is 10.8 Å². The molecule has 0 unspecified atom stereocenters. The zero-order chi connectivity index (χ0) is 32.3. The minimum absolute atomic E-state index is 0.126. The Balaban J connectivity index is 1.40. The molecule has 0 saturated carbocycles. The van der Waals surface area contributed by atoms with Gasteiger partial charge in [0.25, 0.3) is 0 Å². The molecule has 0 saturated heterocycles. The van der Waals surface area contributed by atoms with Crippen LogP contribution >= 0.6 is 12.0 Å². The van der Waals surface area contributed by atoms with E-state index in [1.54, 1.807) is 0 Å². The van der Waals surface area contributed by atoms with E-state index in [4.69, 9.17) is 5.26 Å². The summed E-state index contributed by atoms with van der Waals surface area (Å²) in [5.41, 5.74) is 7.85. The van der Waals surface area contributed by atoms with Crippen LogP contribution in [0, 0.1) is 0 Å². The fourth-order valence-electron chi connectivity index (χ4n) is 7.79. The number of hydrogen-bond acceptors (Lipinski definition) is 5. The van der Waals surface area contributed by atoms with Crippen molar-refractivity contribution in [3.8, 4) is 0 Å². The monoisotopic (exact) mass is 635 g/mol. The number of fused-ring (bicyclic) bond motifs is 6. The number of hydrogen-bond donors (Lipinski definition) is 1. The molecule has 2 aliphatic heterocycles. The van der Waals surface area contributed by atoms with Crippen molar-refractivity contribution in [3.63, 3.8) is 0 Å². The molecule has 5 nitrogen and oxygen atoms in total. The predicted octanol–water partition coefficient (Wildman–Crippen LogP) is 10.6. The van der Waals surface area contributed by atoms with Crippen LogP contribution in [0.4, 0.5) is 11.4 Å². The van der Waals surface area contributed by atoms with Crippen LogP contribution in [0.1, 0.15) is 77.8 Å². The van der Waals surface area contributed by atoms with Crippen molar-refractivity contribution in [2.45, 2.75) is 77.6 Å². The third-order valence-corrected chi connectivity index (χ3v) is 10.6. The SMILES string of the molecule is CCCCCN1/C(=C/C=C/C2=[N+](CCCCSOOO)c3ccc4ccccc4c3C2(C)C)C(C)(C)c2c1ccc1ccccc21. The predicted molar refractivity (Wildman–Crippen MR) is 194 cm³/mol. The molecule has 0 atom stereocenters. The quantitative estimate of drug-likeness (QED) is 0.0521. The molecule has 4 aromatic carbocycles. The summed E-state index contributed by atoms with van der Waals surface area (Å²) in [6, 6.07) is 26.8. The molecule has 0 amide bonds. The van der Waals surface area contributed by atoms with E-state index in [1.807, 2.05) is 0 Å². The Labute approximate surface area is 278 Å². The second-order valence-electron chi connectivity index (χ2n) is 13.6. The maximum Gasteiger partial charge on any atom is 0.210 e. The van der Waals surface area contributed by atoms with Crippen LogP contribution in [-0.4, -0.2) is 34.4 Å². The second kappa shape index (κ2) is 13.7. The number of nitrogens with zero attached hydrogens (tertiary/aromatic N) is 2. The first-order valence-corrected chi connectivity index (χ1v) is 17.7. The standard InChI is InChI=1S/C40H46N2O3S/c1-6-7-12-26-41-33-24-22-29-16-8-10-18-31(29)37(33)39(2,3)35(41)20-15-21-36-40(4,5)38-32-19-11-9-17-30(32)23-25-34(38)42(36)27-13-14-28-46-45-44-43/h8-11,15-25H,6-7,12-14,26-28H2,1-5H3/p+1. The Morgan fingerprint density at radius 3 is 2.22 bits per heavy atom.